The number of nitrogens with zero attached hydrogens (tertiary/aromatic N) is 2. The summed E-state index contributed by atoms with van der Waals surface area (Å²) < 4.78 is 55.2. The Bertz CT molecular complexity index is 2560. The second-order valence-electron chi connectivity index (χ2n) is 17.7. The van der Waals surface area contributed by atoms with Crippen molar-refractivity contribution >= 4 is 89.8 Å². The van der Waals surface area contributed by atoms with Crippen molar-refractivity contribution in [2.75, 3.05) is 46.0 Å². The van der Waals surface area contributed by atoms with Crippen LogP contribution in [0.25, 0.3) is 0 Å². The molecule has 0 saturated carbocycles. The number of unbranched alkanes of at least 4 members (excludes halogenated alkanes) is 3. The van der Waals surface area contributed by atoms with E-state index in [1.165, 1.54) is 12.1 Å². The van der Waals surface area contributed by atoms with Crippen molar-refractivity contribution in [3.05, 3.63) is 126 Å². The third-order valence-electron chi connectivity index (χ3n) is 12.2. The summed E-state index contributed by atoms with van der Waals surface area (Å²) in [5, 5.41) is 7.56. The van der Waals surface area contributed by atoms with Crippen LogP contribution in [0, 0.1) is 0 Å². The highest BCUT2D eigenvalue weighted by Gasteiger charge is 2.30. The number of carbonyl (C=O) groups is 4. The fourth-order valence-corrected chi connectivity index (χ4v) is 12.4. The Labute approximate surface area is 419 Å². The normalized spacial score (nSPS) is 16.4. The molecule has 4 aromatic rings. The Morgan fingerprint density at radius 2 is 1.07 bits per heavy atom. The molecule has 13 nitrogen and oxygen atoms in total. The molecule has 3 amide bonds. The molecular formula is C49H57Cl4N5O8S2. The Morgan fingerprint density at radius 3 is 1.65 bits per heavy atom. The van der Waals surface area contributed by atoms with Crippen LogP contribution in [0.2, 0.25) is 20.1 Å². The largest absolute Gasteiger partial charge is 0.338 e. The first-order valence-electron chi connectivity index (χ1n) is 22.7. The van der Waals surface area contributed by atoms with Gasteiger partial charge in [0.1, 0.15) is 17.3 Å². The molecule has 2 heterocycles. The summed E-state index contributed by atoms with van der Waals surface area (Å²) in [5.74, 6) is -2.02. The monoisotopic (exact) mass is 1050 g/mol. The standard InChI is InChI=1S/C49H57Cl4N5O8S2/c1-57-27-42(40-23-34(50)25-46(52)44(40)29-57)32-11-8-16-38(21-32)67(63,64)31-37(60)15-10-20-55-49(62)54-19-7-3-4-13-36(59)14-5-6-18-48(61)56-68(65,66)39-17-9-12-33(22-39)43-28-58(2)30-45-41(43)24-35(51)26-47(45)53/h8-9,11-12,16-17,21-26,42-43H,3-7,10,13-15,18-20,27-31H2,1-2H3,(H,56,61)(H2,54,55,62). The van der Waals surface area contributed by atoms with E-state index in [2.05, 4.69) is 25.2 Å². The minimum atomic E-state index is -4.14. The van der Waals surface area contributed by atoms with E-state index >= 15 is 0 Å². The number of amides is 3. The van der Waals surface area contributed by atoms with Crippen molar-refractivity contribution in [3.63, 3.8) is 0 Å². The van der Waals surface area contributed by atoms with Gasteiger partial charge in [-0.1, -0.05) is 77.1 Å². The molecule has 3 N–H and O–H groups in total. The van der Waals surface area contributed by atoms with Crippen LogP contribution in [0.1, 0.15) is 109 Å². The summed E-state index contributed by atoms with van der Waals surface area (Å²) in [7, 11) is -4.12. The van der Waals surface area contributed by atoms with Gasteiger partial charge in [0, 0.05) is 96.9 Å². The van der Waals surface area contributed by atoms with Crippen LogP contribution in [-0.2, 0) is 47.3 Å². The highest BCUT2D eigenvalue weighted by atomic mass is 35.5. The van der Waals surface area contributed by atoms with E-state index in [4.69, 9.17) is 46.4 Å². The molecule has 0 bridgehead atoms. The van der Waals surface area contributed by atoms with Gasteiger partial charge in [-0.05, 0) is 128 Å². The maximum atomic E-state index is 13.3. The molecule has 366 valence electrons. The quantitative estimate of drug-likeness (QED) is 0.0643. The van der Waals surface area contributed by atoms with E-state index in [1.54, 1.807) is 36.4 Å². The molecule has 0 radical (unpaired) electrons. The van der Waals surface area contributed by atoms with Crippen molar-refractivity contribution in [2.45, 2.75) is 98.9 Å². The van der Waals surface area contributed by atoms with Gasteiger partial charge in [-0.2, -0.15) is 0 Å². The fourth-order valence-electron chi connectivity index (χ4n) is 8.82. The predicted molar refractivity (Wildman–Crippen MR) is 267 cm³/mol. The smallest absolute Gasteiger partial charge is 0.314 e. The minimum absolute atomic E-state index is 0.0158. The van der Waals surface area contributed by atoms with Crippen LogP contribution in [-0.4, -0.2) is 96.2 Å². The van der Waals surface area contributed by atoms with Gasteiger partial charge in [-0.3, -0.25) is 14.4 Å². The summed E-state index contributed by atoms with van der Waals surface area (Å²) in [5.41, 5.74) is 5.32. The third kappa shape index (κ3) is 14.7. The highest BCUT2D eigenvalue weighted by Crippen LogP contribution is 2.40. The number of rotatable bonds is 22. The van der Waals surface area contributed by atoms with Crippen LogP contribution < -0.4 is 15.4 Å². The molecule has 2 aliphatic heterocycles. The average Bonchev–Trinajstić information content (AvgIpc) is 3.27. The van der Waals surface area contributed by atoms with Crippen molar-refractivity contribution in [2.24, 2.45) is 0 Å². The number of halogens is 4. The molecule has 2 unspecified atom stereocenters. The maximum Gasteiger partial charge on any atom is 0.314 e. The molecule has 68 heavy (non-hydrogen) atoms. The van der Waals surface area contributed by atoms with Gasteiger partial charge in [0.25, 0.3) is 10.0 Å². The van der Waals surface area contributed by atoms with E-state index in [1.807, 2.05) is 38.4 Å². The predicted octanol–water partition coefficient (Wildman–Crippen LogP) is 9.07. The topological polar surface area (TPSA) is 179 Å². The third-order valence-corrected chi connectivity index (χ3v) is 16.4. The summed E-state index contributed by atoms with van der Waals surface area (Å²) >= 11 is 25.7. The van der Waals surface area contributed by atoms with Crippen LogP contribution >= 0.6 is 46.4 Å². The Morgan fingerprint density at radius 1 is 0.588 bits per heavy atom. The number of hydrogen-bond donors (Lipinski definition) is 3. The molecule has 2 atom stereocenters. The summed E-state index contributed by atoms with van der Waals surface area (Å²) in [4.78, 5) is 54.4. The summed E-state index contributed by atoms with van der Waals surface area (Å²) in [6, 6.07) is 19.9. The van der Waals surface area contributed by atoms with E-state index < -0.39 is 43.3 Å². The molecule has 0 aromatic heterocycles. The lowest BCUT2D eigenvalue weighted by Crippen LogP contribution is -2.36. The first-order valence-corrected chi connectivity index (χ1v) is 27.3. The minimum Gasteiger partial charge on any atom is -0.338 e. The fraction of sp³-hybridized carbons (Fsp3) is 0.429. The van der Waals surface area contributed by atoms with Gasteiger partial charge in [-0.15, -0.1) is 0 Å². The number of benzene rings is 4. The molecule has 4 aromatic carbocycles. The van der Waals surface area contributed by atoms with Gasteiger partial charge in [0.05, 0.1) is 9.79 Å². The van der Waals surface area contributed by atoms with Crippen molar-refractivity contribution in [1.82, 2.24) is 25.2 Å². The second kappa shape index (κ2) is 24.2. The lowest BCUT2D eigenvalue weighted by molar-refractivity contribution is -0.121. The average molecular weight is 1050 g/mol. The zero-order valence-electron chi connectivity index (χ0n) is 38.1. The van der Waals surface area contributed by atoms with Gasteiger partial charge >= 0.3 is 6.03 Å². The zero-order chi connectivity index (χ0) is 49.2. The molecule has 0 spiro atoms. The number of hydrogen-bond acceptors (Lipinski definition) is 10. The number of fused-ring (bicyclic) bond motifs is 2. The zero-order valence-corrected chi connectivity index (χ0v) is 42.7. The number of nitrogens with one attached hydrogen (secondary N) is 3. The Hall–Kier alpha value is -4.06. The van der Waals surface area contributed by atoms with E-state index in [0.29, 0.717) is 91.3 Å². The first-order chi connectivity index (χ1) is 32.3. The van der Waals surface area contributed by atoms with Crippen molar-refractivity contribution < 1.29 is 36.0 Å². The second-order valence-corrected chi connectivity index (χ2v) is 23.1. The van der Waals surface area contributed by atoms with Crippen LogP contribution in [0.4, 0.5) is 4.79 Å². The van der Waals surface area contributed by atoms with Crippen LogP contribution in [0.15, 0.2) is 82.6 Å². The molecule has 2 aliphatic rings. The number of sulfonamides is 1. The Balaban J connectivity index is 0.812. The molecule has 0 saturated heterocycles. The molecule has 6 rings (SSSR count). The van der Waals surface area contributed by atoms with Crippen LogP contribution in [0.5, 0.6) is 0 Å². The molecule has 0 aliphatic carbocycles. The van der Waals surface area contributed by atoms with E-state index in [0.717, 1.165) is 33.4 Å². The van der Waals surface area contributed by atoms with Gasteiger partial charge in [0.15, 0.2) is 9.84 Å². The van der Waals surface area contributed by atoms with Crippen LogP contribution in [0.3, 0.4) is 0 Å². The maximum absolute atomic E-state index is 13.3. The Kier molecular flexibility index (Phi) is 18.9. The van der Waals surface area contributed by atoms with E-state index in [9.17, 15) is 36.0 Å². The molecular weight excluding hydrogens is 993 g/mol. The summed E-state index contributed by atoms with van der Waals surface area (Å²) in [6.07, 6.45) is 3.62. The number of Topliss-reactive ketones (excluding diaryl/α,β-unsaturated/α-hetero) is 2. The van der Waals surface area contributed by atoms with Crippen molar-refractivity contribution in [3.8, 4) is 0 Å². The highest BCUT2D eigenvalue weighted by molar-refractivity contribution is 7.92. The van der Waals surface area contributed by atoms with Gasteiger partial charge in [0.2, 0.25) is 5.91 Å². The SMILES string of the molecule is CN1Cc2c(Cl)cc(Cl)cc2C(c2cccc(S(=O)(=O)CC(=O)CCCNC(=O)NCCCCCC(=O)CCCCC(=O)NS(=O)(=O)c3cccc(C4CN(C)Cc5c(Cl)cc(Cl)cc54)c3)c2)C1. The van der Waals surface area contributed by atoms with Crippen molar-refractivity contribution in [1.29, 1.82) is 0 Å². The number of sulfone groups is 1. The lowest BCUT2D eigenvalue weighted by atomic mass is 9.85. The molecule has 0 fully saturated rings. The lowest BCUT2D eigenvalue weighted by Gasteiger charge is -2.33. The van der Waals surface area contributed by atoms with Gasteiger partial charge < -0.3 is 20.4 Å². The molecule has 19 heteroatoms. The number of likely N-dealkylation sites (N-methyl/N-ethyl adjacent to an activating group) is 2. The summed E-state index contributed by atoms with van der Waals surface area (Å²) in [6.45, 7) is 3.13. The first kappa shape index (κ1) is 53.3. The number of carbonyl (C=O) groups excluding carboxylic acids is 4. The van der Waals surface area contributed by atoms with E-state index in [-0.39, 0.29) is 59.6 Å². The number of ketones is 2. The number of urea groups is 1. The van der Waals surface area contributed by atoms with Gasteiger partial charge in [-0.25, -0.2) is 26.4 Å².